The van der Waals surface area contributed by atoms with Crippen LogP contribution in [0.1, 0.15) is 22.1 Å². The van der Waals surface area contributed by atoms with Crippen LogP contribution in [0.2, 0.25) is 0 Å². The Morgan fingerprint density at radius 3 is 2.36 bits per heavy atom. The number of methoxy groups -OCH3 is 2. The van der Waals surface area contributed by atoms with Crippen molar-refractivity contribution in [3.63, 3.8) is 0 Å². The third kappa shape index (κ3) is 3.51. The highest BCUT2D eigenvalue weighted by atomic mass is 32.2. The number of carbonyl (C=O) groups is 1. The molecule has 0 radical (unpaired) electrons. The topological polar surface area (TPSA) is 155 Å². The van der Waals surface area contributed by atoms with Gasteiger partial charge in [0.25, 0.3) is 10.0 Å². The number of hydrogen-bond donors (Lipinski definition) is 3. The fourth-order valence-electron chi connectivity index (χ4n) is 2.77. The van der Waals surface area contributed by atoms with Gasteiger partial charge in [0.05, 0.1) is 19.1 Å². The molecule has 1 heterocycles. The number of benzene rings is 2. The van der Waals surface area contributed by atoms with Crippen LogP contribution < -0.4 is 26.3 Å². The minimum Gasteiger partial charge on any atom is -0.493 e. The van der Waals surface area contributed by atoms with E-state index in [1.165, 1.54) is 38.5 Å². The second kappa shape index (κ2) is 7.27. The number of guanidine groups is 1. The summed E-state index contributed by atoms with van der Waals surface area (Å²) in [6, 6.07) is 9.02. The molecule has 2 aromatic rings. The highest BCUT2D eigenvalue weighted by molar-refractivity contribution is 7.90. The standard InChI is InChI=1S/C17H18N4O6S/c1-25-12-8-7-11-13(14(12)26-2)16(22)27-15(11)20-9-3-5-10(6-4-9)28(23,24)21-17(18)19/h3-8,15,20H,1-2H3,(H4,18,19,21). The third-order valence-corrected chi connectivity index (χ3v) is 5.28. The summed E-state index contributed by atoms with van der Waals surface area (Å²) in [5, 5.41) is 3.02. The molecule has 0 aromatic heterocycles. The summed E-state index contributed by atoms with van der Waals surface area (Å²) in [6.45, 7) is 0. The average Bonchev–Trinajstić information content (AvgIpc) is 2.96. The van der Waals surface area contributed by atoms with Gasteiger partial charge in [-0.05, 0) is 36.4 Å². The number of carbonyl (C=O) groups excluding carboxylic acids is 1. The fraction of sp³-hybridized carbons (Fsp3) is 0.176. The molecule has 1 atom stereocenters. The quantitative estimate of drug-likeness (QED) is 0.361. The maximum Gasteiger partial charge on any atom is 0.344 e. The van der Waals surface area contributed by atoms with Crippen LogP contribution in [0.15, 0.2) is 45.7 Å². The lowest BCUT2D eigenvalue weighted by Gasteiger charge is -2.15. The van der Waals surface area contributed by atoms with Gasteiger partial charge in [-0.3, -0.25) is 0 Å². The number of sulfonamides is 1. The molecular weight excluding hydrogens is 388 g/mol. The van der Waals surface area contributed by atoms with Crippen molar-refractivity contribution in [1.29, 1.82) is 0 Å². The van der Waals surface area contributed by atoms with Crippen LogP contribution in [-0.4, -0.2) is 34.6 Å². The van der Waals surface area contributed by atoms with Crippen LogP contribution >= 0.6 is 0 Å². The lowest BCUT2D eigenvalue weighted by molar-refractivity contribution is 0.0435. The average molecular weight is 406 g/mol. The molecule has 5 N–H and O–H groups in total. The van der Waals surface area contributed by atoms with Crippen molar-refractivity contribution in [2.75, 3.05) is 19.5 Å². The molecule has 0 fully saturated rings. The number of cyclic esters (lactones) is 1. The zero-order valence-electron chi connectivity index (χ0n) is 15.0. The highest BCUT2D eigenvalue weighted by Gasteiger charge is 2.35. The maximum absolute atomic E-state index is 12.3. The van der Waals surface area contributed by atoms with Gasteiger partial charge in [0.2, 0.25) is 12.2 Å². The first-order valence-electron chi connectivity index (χ1n) is 7.95. The van der Waals surface area contributed by atoms with Gasteiger partial charge < -0.3 is 31.0 Å². The van der Waals surface area contributed by atoms with Gasteiger partial charge in [-0.25, -0.2) is 4.79 Å². The minimum absolute atomic E-state index is 0.0818. The summed E-state index contributed by atoms with van der Waals surface area (Å²) < 4.78 is 43.0. The zero-order chi connectivity index (χ0) is 20.5. The second-order valence-corrected chi connectivity index (χ2v) is 7.31. The Morgan fingerprint density at radius 1 is 1.11 bits per heavy atom. The van der Waals surface area contributed by atoms with E-state index in [-0.39, 0.29) is 16.2 Å². The van der Waals surface area contributed by atoms with Crippen molar-refractivity contribution in [3.8, 4) is 11.5 Å². The Labute approximate surface area is 161 Å². The number of hydrogen-bond acceptors (Lipinski definition) is 7. The van der Waals surface area contributed by atoms with Gasteiger partial charge in [-0.1, -0.05) is 0 Å². The predicted molar refractivity (Wildman–Crippen MR) is 101 cm³/mol. The number of nitrogens with one attached hydrogen (secondary N) is 1. The molecule has 1 aliphatic heterocycles. The van der Waals surface area contributed by atoms with E-state index in [9.17, 15) is 13.2 Å². The van der Waals surface area contributed by atoms with Gasteiger partial charge in [-0.2, -0.15) is 8.42 Å². The van der Waals surface area contributed by atoms with Crippen molar-refractivity contribution < 1.29 is 27.4 Å². The first-order chi connectivity index (χ1) is 13.3. The fourth-order valence-corrected chi connectivity index (χ4v) is 3.64. The van der Waals surface area contributed by atoms with Gasteiger partial charge in [0.1, 0.15) is 5.56 Å². The van der Waals surface area contributed by atoms with E-state index < -0.39 is 28.2 Å². The molecule has 0 bridgehead atoms. The van der Waals surface area contributed by atoms with Gasteiger partial charge in [-0.15, -0.1) is 4.40 Å². The van der Waals surface area contributed by atoms with Gasteiger partial charge in [0, 0.05) is 11.3 Å². The van der Waals surface area contributed by atoms with E-state index in [0.29, 0.717) is 17.0 Å². The molecule has 3 rings (SSSR count). The predicted octanol–water partition coefficient (Wildman–Crippen LogP) is 0.947. The number of anilines is 1. The first-order valence-corrected chi connectivity index (χ1v) is 9.39. The molecule has 2 aromatic carbocycles. The Hall–Kier alpha value is -3.47. The first kappa shape index (κ1) is 19.3. The number of rotatable bonds is 6. The molecule has 0 saturated carbocycles. The molecule has 148 valence electrons. The van der Waals surface area contributed by atoms with Crippen molar-refractivity contribution >= 4 is 27.6 Å². The maximum atomic E-state index is 12.3. The van der Waals surface area contributed by atoms with Crippen molar-refractivity contribution in [1.82, 2.24) is 0 Å². The molecule has 1 aliphatic rings. The van der Waals surface area contributed by atoms with Crippen LogP contribution in [0.25, 0.3) is 0 Å². The van der Waals surface area contributed by atoms with E-state index in [1.807, 2.05) is 0 Å². The number of ether oxygens (including phenoxy) is 3. The molecule has 10 nitrogen and oxygen atoms in total. The summed E-state index contributed by atoms with van der Waals surface area (Å²) >= 11 is 0. The number of esters is 1. The van der Waals surface area contributed by atoms with E-state index in [0.717, 1.165) is 0 Å². The van der Waals surface area contributed by atoms with Crippen molar-refractivity contribution in [2.45, 2.75) is 11.1 Å². The zero-order valence-corrected chi connectivity index (χ0v) is 15.8. The van der Waals surface area contributed by atoms with E-state index in [2.05, 4.69) is 9.71 Å². The Kier molecular flexibility index (Phi) is 5.01. The Bertz CT molecular complexity index is 1050. The van der Waals surface area contributed by atoms with E-state index in [4.69, 9.17) is 25.7 Å². The normalized spacial score (nSPS) is 15.4. The van der Waals surface area contributed by atoms with Crippen molar-refractivity contribution in [3.05, 3.63) is 47.5 Å². The Balaban J connectivity index is 1.87. The highest BCUT2D eigenvalue weighted by Crippen LogP contribution is 2.42. The largest absolute Gasteiger partial charge is 0.493 e. The van der Waals surface area contributed by atoms with Crippen LogP contribution in [0, 0.1) is 0 Å². The molecule has 1 unspecified atom stereocenters. The van der Waals surface area contributed by atoms with Crippen LogP contribution in [0.3, 0.4) is 0 Å². The number of nitrogens with zero attached hydrogens (tertiary/aromatic N) is 1. The van der Waals surface area contributed by atoms with Crippen LogP contribution in [0.5, 0.6) is 11.5 Å². The Morgan fingerprint density at radius 2 is 1.79 bits per heavy atom. The number of fused-ring (bicyclic) bond motifs is 1. The monoisotopic (exact) mass is 406 g/mol. The van der Waals surface area contributed by atoms with E-state index >= 15 is 0 Å². The minimum atomic E-state index is -3.98. The molecule has 0 aliphatic carbocycles. The van der Waals surface area contributed by atoms with Crippen molar-refractivity contribution in [2.24, 2.45) is 15.9 Å². The summed E-state index contributed by atoms with van der Waals surface area (Å²) in [5.41, 5.74) is 11.6. The van der Waals surface area contributed by atoms with Gasteiger partial charge in [0.15, 0.2) is 11.5 Å². The van der Waals surface area contributed by atoms with Gasteiger partial charge >= 0.3 is 5.97 Å². The molecule has 28 heavy (non-hydrogen) atoms. The van der Waals surface area contributed by atoms with Crippen LogP contribution in [-0.2, 0) is 14.8 Å². The lowest BCUT2D eigenvalue weighted by Crippen LogP contribution is -2.24. The summed E-state index contributed by atoms with van der Waals surface area (Å²) in [7, 11) is -1.08. The molecular formula is C17H18N4O6S. The number of nitrogens with two attached hydrogens (primary N) is 2. The molecule has 0 spiro atoms. The third-order valence-electron chi connectivity index (χ3n) is 3.96. The molecule has 0 amide bonds. The van der Waals surface area contributed by atoms with E-state index in [1.54, 1.807) is 12.1 Å². The summed E-state index contributed by atoms with van der Waals surface area (Å²) in [4.78, 5) is 12.2. The second-order valence-electron chi connectivity index (χ2n) is 5.71. The smallest absolute Gasteiger partial charge is 0.344 e. The van der Waals surface area contributed by atoms with Crippen LogP contribution in [0.4, 0.5) is 5.69 Å². The summed E-state index contributed by atoms with van der Waals surface area (Å²) in [5.74, 6) is -0.419. The molecule has 0 saturated heterocycles. The lowest BCUT2D eigenvalue weighted by atomic mass is 10.1. The summed E-state index contributed by atoms with van der Waals surface area (Å²) in [6.07, 6.45) is -0.775. The molecule has 11 heteroatoms. The SMILES string of the molecule is COc1ccc2c(c1OC)C(=O)OC2Nc1ccc(S(=O)(=O)N=C(N)N)cc1.